The molecule has 0 aliphatic heterocycles. The zero-order chi connectivity index (χ0) is 16.7. The summed E-state index contributed by atoms with van der Waals surface area (Å²) in [4.78, 5) is 15.9. The number of aromatic nitrogens is 3. The molecular formula is C16H19FN4OS. The summed E-state index contributed by atoms with van der Waals surface area (Å²) in [5.41, 5.74) is 0.866. The van der Waals surface area contributed by atoms with Crippen LogP contribution in [-0.2, 0) is 4.79 Å². The van der Waals surface area contributed by atoms with Crippen molar-refractivity contribution in [3.05, 3.63) is 41.5 Å². The fourth-order valence-electron chi connectivity index (χ4n) is 1.65. The van der Waals surface area contributed by atoms with Crippen LogP contribution in [0.4, 0.5) is 4.39 Å². The molecule has 0 aliphatic carbocycles. The largest absolute Gasteiger partial charge is 0.355 e. The highest BCUT2D eigenvalue weighted by molar-refractivity contribution is 7.99. The van der Waals surface area contributed by atoms with Crippen LogP contribution in [-0.4, -0.2) is 33.4 Å². The van der Waals surface area contributed by atoms with E-state index in [0.29, 0.717) is 23.4 Å². The molecule has 2 N–H and O–H groups in total. The van der Waals surface area contributed by atoms with Gasteiger partial charge >= 0.3 is 0 Å². The SMILES string of the molecule is CC(C)CNC(=O)CSc1n[nH]c(C=Cc2ccc(F)cc2)n1. The highest BCUT2D eigenvalue weighted by atomic mass is 32.2. The van der Waals surface area contributed by atoms with E-state index in [0.717, 1.165) is 5.56 Å². The van der Waals surface area contributed by atoms with Crippen LogP contribution in [0.5, 0.6) is 0 Å². The van der Waals surface area contributed by atoms with Crippen LogP contribution in [0.25, 0.3) is 12.2 Å². The van der Waals surface area contributed by atoms with Crippen molar-refractivity contribution >= 4 is 29.8 Å². The summed E-state index contributed by atoms with van der Waals surface area (Å²) < 4.78 is 12.8. The van der Waals surface area contributed by atoms with Crippen molar-refractivity contribution < 1.29 is 9.18 Å². The first kappa shape index (κ1) is 17.2. The zero-order valence-corrected chi connectivity index (χ0v) is 13.9. The van der Waals surface area contributed by atoms with Gasteiger partial charge in [-0.1, -0.05) is 43.8 Å². The summed E-state index contributed by atoms with van der Waals surface area (Å²) in [5, 5.41) is 10.2. The summed E-state index contributed by atoms with van der Waals surface area (Å²) in [7, 11) is 0. The number of thioether (sulfide) groups is 1. The van der Waals surface area contributed by atoms with Crippen LogP contribution in [0.1, 0.15) is 25.2 Å². The summed E-state index contributed by atoms with van der Waals surface area (Å²) in [5.74, 6) is 0.995. The summed E-state index contributed by atoms with van der Waals surface area (Å²) in [6.45, 7) is 4.75. The van der Waals surface area contributed by atoms with E-state index in [-0.39, 0.29) is 17.5 Å². The number of rotatable bonds is 7. The van der Waals surface area contributed by atoms with Crippen molar-refractivity contribution in [3.63, 3.8) is 0 Å². The van der Waals surface area contributed by atoms with Crippen molar-refractivity contribution in [1.82, 2.24) is 20.5 Å². The van der Waals surface area contributed by atoms with E-state index in [1.165, 1.54) is 23.9 Å². The standard InChI is InChI=1S/C16H19FN4OS/c1-11(2)9-18-15(22)10-23-16-19-14(20-21-16)8-5-12-3-6-13(17)7-4-12/h3-8,11H,9-10H2,1-2H3,(H,18,22)(H,19,20,21). The molecule has 23 heavy (non-hydrogen) atoms. The minimum atomic E-state index is -0.267. The smallest absolute Gasteiger partial charge is 0.230 e. The number of benzene rings is 1. The van der Waals surface area contributed by atoms with Crippen LogP contribution < -0.4 is 5.32 Å². The summed E-state index contributed by atoms with van der Waals surface area (Å²) >= 11 is 1.28. The number of carbonyl (C=O) groups is 1. The molecule has 2 aromatic rings. The van der Waals surface area contributed by atoms with E-state index in [1.54, 1.807) is 18.2 Å². The van der Waals surface area contributed by atoms with E-state index < -0.39 is 0 Å². The number of halogens is 1. The molecule has 1 amide bonds. The molecule has 0 saturated heterocycles. The van der Waals surface area contributed by atoms with Crippen LogP contribution >= 0.6 is 11.8 Å². The lowest BCUT2D eigenvalue weighted by Crippen LogP contribution is -2.28. The molecule has 122 valence electrons. The monoisotopic (exact) mass is 334 g/mol. The lowest BCUT2D eigenvalue weighted by Gasteiger charge is -2.05. The minimum Gasteiger partial charge on any atom is -0.355 e. The fraction of sp³-hybridized carbons (Fsp3) is 0.312. The second-order valence-electron chi connectivity index (χ2n) is 5.37. The van der Waals surface area contributed by atoms with E-state index in [2.05, 4.69) is 20.5 Å². The zero-order valence-electron chi connectivity index (χ0n) is 13.0. The van der Waals surface area contributed by atoms with Gasteiger partial charge in [-0.25, -0.2) is 9.37 Å². The van der Waals surface area contributed by atoms with E-state index >= 15 is 0 Å². The maximum absolute atomic E-state index is 12.8. The summed E-state index contributed by atoms with van der Waals surface area (Å²) in [6, 6.07) is 6.15. The number of amides is 1. The summed E-state index contributed by atoms with van der Waals surface area (Å²) in [6.07, 6.45) is 3.56. The third kappa shape index (κ3) is 6.23. The van der Waals surface area contributed by atoms with Crippen LogP contribution in [0, 0.1) is 11.7 Å². The Labute approximate surface area is 138 Å². The average Bonchev–Trinajstić information content (AvgIpc) is 2.98. The molecule has 0 atom stereocenters. The maximum Gasteiger partial charge on any atom is 0.230 e. The number of hydrogen-bond acceptors (Lipinski definition) is 4. The lowest BCUT2D eigenvalue weighted by molar-refractivity contribution is -0.118. The number of nitrogens with zero attached hydrogens (tertiary/aromatic N) is 2. The molecule has 5 nitrogen and oxygen atoms in total. The number of hydrogen-bond donors (Lipinski definition) is 2. The second kappa shape index (κ2) is 8.47. The van der Waals surface area contributed by atoms with Crippen LogP contribution in [0.15, 0.2) is 29.4 Å². The normalized spacial score (nSPS) is 11.3. The Bertz CT molecular complexity index is 667. The predicted molar refractivity (Wildman–Crippen MR) is 90.3 cm³/mol. The number of carbonyl (C=O) groups excluding carboxylic acids is 1. The first-order chi connectivity index (χ1) is 11.0. The Hall–Kier alpha value is -2.15. The molecule has 1 aromatic heterocycles. The van der Waals surface area contributed by atoms with Gasteiger partial charge in [0.25, 0.3) is 0 Å². The topological polar surface area (TPSA) is 70.7 Å². The van der Waals surface area contributed by atoms with Gasteiger partial charge in [0.1, 0.15) is 11.6 Å². The molecule has 0 spiro atoms. The molecule has 0 fully saturated rings. The highest BCUT2D eigenvalue weighted by Gasteiger charge is 2.07. The van der Waals surface area contributed by atoms with Crippen molar-refractivity contribution in [1.29, 1.82) is 0 Å². The van der Waals surface area contributed by atoms with Gasteiger partial charge in [0.2, 0.25) is 11.1 Å². The van der Waals surface area contributed by atoms with E-state index in [1.807, 2.05) is 19.9 Å². The van der Waals surface area contributed by atoms with Crippen molar-refractivity contribution in [2.24, 2.45) is 5.92 Å². The van der Waals surface area contributed by atoms with E-state index in [4.69, 9.17) is 0 Å². The van der Waals surface area contributed by atoms with Gasteiger partial charge in [0.05, 0.1) is 5.75 Å². The second-order valence-corrected chi connectivity index (χ2v) is 6.32. The maximum atomic E-state index is 12.8. The molecule has 0 aliphatic rings. The predicted octanol–water partition coefficient (Wildman–Crippen LogP) is 2.98. The van der Waals surface area contributed by atoms with Gasteiger partial charge in [0.15, 0.2) is 0 Å². The first-order valence-electron chi connectivity index (χ1n) is 7.28. The Kier molecular flexibility index (Phi) is 6.34. The average molecular weight is 334 g/mol. The number of nitrogens with one attached hydrogen (secondary N) is 2. The minimum absolute atomic E-state index is 0.0306. The van der Waals surface area contributed by atoms with Crippen molar-refractivity contribution in [3.8, 4) is 0 Å². The first-order valence-corrected chi connectivity index (χ1v) is 8.27. The van der Waals surface area contributed by atoms with Crippen LogP contribution in [0.2, 0.25) is 0 Å². The van der Waals surface area contributed by atoms with Gasteiger partial charge in [0, 0.05) is 6.54 Å². The molecule has 0 unspecified atom stereocenters. The Balaban J connectivity index is 1.83. The number of H-pyrrole nitrogens is 1. The lowest BCUT2D eigenvalue weighted by atomic mass is 10.2. The van der Waals surface area contributed by atoms with Crippen molar-refractivity contribution in [2.75, 3.05) is 12.3 Å². The van der Waals surface area contributed by atoms with Gasteiger partial charge in [-0.15, -0.1) is 5.10 Å². The molecule has 7 heteroatoms. The molecule has 2 rings (SSSR count). The molecule has 1 heterocycles. The van der Waals surface area contributed by atoms with Crippen molar-refractivity contribution in [2.45, 2.75) is 19.0 Å². The molecule has 0 bridgehead atoms. The van der Waals surface area contributed by atoms with Gasteiger partial charge < -0.3 is 5.32 Å². The Morgan fingerprint density at radius 2 is 2.09 bits per heavy atom. The van der Waals surface area contributed by atoms with Gasteiger partial charge in [-0.3, -0.25) is 9.89 Å². The molecular weight excluding hydrogens is 315 g/mol. The molecule has 0 saturated carbocycles. The Morgan fingerprint density at radius 1 is 1.35 bits per heavy atom. The highest BCUT2D eigenvalue weighted by Crippen LogP contribution is 2.13. The third-order valence-electron chi connectivity index (χ3n) is 2.83. The van der Waals surface area contributed by atoms with Gasteiger partial charge in [-0.2, -0.15) is 0 Å². The molecule has 0 radical (unpaired) electrons. The third-order valence-corrected chi connectivity index (χ3v) is 3.67. The quantitative estimate of drug-likeness (QED) is 0.764. The van der Waals surface area contributed by atoms with Gasteiger partial charge in [-0.05, 0) is 29.7 Å². The number of aromatic amines is 1. The molecule has 1 aromatic carbocycles. The van der Waals surface area contributed by atoms with E-state index in [9.17, 15) is 9.18 Å². The Morgan fingerprint density at radius 3 is 2.78 bits per heavy atom. The van der Waals surface area contributed by atoms with Crippen LogP contribution in [0.3, 0.4) is 0 Å². The fourth-order valence-corrected chi connectivity index (χ4v) is 2.28.